The topological polar surface area (TPSA) is 67.6 Å². The van der Waals surface area contributed by atoms with Gasteiger partial charge < -0.3 is 20.7 Å². The number of rotatable bonds is 8. The molecule has 0 aromatic rings. The summed E-state index contributed by atoms with van der Waals surface area (Å²) in [7, 11) is 3.73. The molecule has 0 saturated carbocycles. The normalized spacial score (nSPS) is 12.9. The Morgan fingerprint density at radius 2 is 2.20 bits per heavy atom. The first-order chi connectivity index (χ1) is 7.07. The SMILES string of the molecule is COCCN(C)CCCNC(=O)C(C)N. The van der Waals surface area contributed by atoms with Crippen molar-refractivity contribution < 1.29 is 9.53 Å². The van der Waals surface area contributed by atoms with Gasteiger partial charge in [0.25, 0.3) is 0 Å². The van der Waals surface area contributed by atoms with Gasteiger partial charge in [0.2, 0.25) is 5.91 Å². The molecule has 0 fully saturated rings. The van der Waals surface area contributed by atoms with Crippen molar-refractivity contribution in [3.63, 3.8) is 0 Å². The van der Waals surface area contributed by atoms with Crippen LogP contribution in [0.3, 0.4) is 0 Å². The fourth-order valence-electron chi connectivity index (χ4n) is 1.08. The van der Waals surface area contributed by atoms with Crippen LogP contribution in [-0.4, -0.2) is 57.2 Å². The molecule has 1 amide bonds. The van der Waals surface area contributed by atoms with E-state index in [0.717, 1.165) is 26.1 Å². The minimum atomic E-state index is -0.420. The number of hydrogen-bond donors (Lipinski definition) is 2. The monoisotopic (exact) mass is 217 g/mol. The maximum Gasteiger partial charge on any atom is 0.236 e. The van der Waals surface area contributed by atoms with Gasteiger partial charge in [0.15, 0.2) is 0 Å². The zero-order valence-electron chi connectivity index (χ0n) is 9.95. The van der Waals surface area contributed by atoms with Crippen LogP contribution in [0.5, 0.6) is 0 Å². The lowest BCUT2D eigenvalue weighted by molar-refractivity contribution is -0.121. The summed E-state index contributed by atoms with van der Waals surface area (Å²) in [6, 6.07) is -0.420. The number of carbonyl (C=O) groups excluding carboxylic acids is 1. The van der Waals surface area contributed by atoms with E-state index < -0.39 is 6.04 Å². The number of likely N-dealkylation sites (N-methyl/N-ethyl adjacent to an activating group) is 1. The number of nitrogens with zero attached hydrogens (tertiary/aromatic N) is 1. The van der Waals surface area contributed by atoms with E-state index in [1.165, 1.54) is 0 Å². The number of nitrogens with two attached hydrogens (primary N) is 1. The van der Waals surface area contributed by atoms with Crippen LogP contribution in [0.25, 0.3) is 0 Å². The lowest BCUT2D eigenvalue weighted by atomic mass is 10.3. The van der Waals surface area contributed by atoms with Gasteiger partial charge in [0, 0.05) is 20.2 Å². The molecule has 5 nitrogen and oxygen atoms in total. The molecule has 15 heavy (non-hydrogen) atoms. The van der Waals surface area contributed by atoms with Crippen LogP contribution in [0.15, 0.2) is 0 Å². The van der Waals surface area contributed by atoms with Crippen molar-refractivity contribution >= 4 is 5.91 Å². The van der Waals surface area contributed by atoms with Crippen LogP contribution in [0.1, 0.15) is 13.3 Å². The summed E-state index contributed by atoms with van der Waals surface area (Å²) in [6.07, 6.45) is 0.929. The molecule has 0 heterocycles. The molecule has 0 aromatic heterocycles. The van der Waals surface area contributed by atoms with Crippen molar-refractivity contribution in [3.8, 4) is 0 Å². The van der Waals surface area contributed by atoms with Crippen LogP contribution >= 0.6 is 0 Å². The Balaban J connectivity index is 3.34. The zero-order chi connectivity index (χ0) is 11.7. The van der Waals surface area contributed by atoms with Gasteiger partial charge in [-0.3, -0.25) is 4.79 Å². The highest BCUT2D eigenvalue weighted by molar-refractivity contribution is 5.80. The number of hydrogen-bond acceptors (Lipinski definition) is 4. The van der Waals surface area contributed by atoms with Crippen LogP contribution in [0, 0.1) is 0 Å². The highest BCUT2D eigenvalue weighted by Crippen LogP contribution is 1.86. The zero-order valence-corrected chi connectivity index (χ0v) is 9.95. The van der Waals surface area contributed by atoms with Crippen LogP contribution < -0.4 is 11.1 Å². The van der Waals surface area contributed by atoms with E-state index >= 15 is 0 Å². The summed E-state index contributed by atoms with van der Waals surface area (Å²) in [6.45, 7) is 4.96. The summed E-state index contributed by atoms with van der Waals surface area (Å²) >= 11 is 0. The van der Waals surface area contributed by atoms with E-state index in [4.69, 9.17) is 10.5 Å². The Labute approximate surface area is 91.9 Å². The summed E-state index contributed by atoms with van der Waals surface area (Å²) in [5.74, 6) is -0.0884. The molecule has 3 N–H and O–H groups in total. The first-order valence-electron chi connectivity index (χ1n) is 5.28. The molecule has 0 aromatic carbocycles. The van der Waals surface area contributed by atoms with Gasteiger partial charge in [-0.15, -0.1) is 0 Å². The fraction of sp³-hybridized carbons (Fsp3) is 0.900. The van der Waals surface area contributed by atoms with E-state index in [2.05, 4.69) is 10.2 Å². The van der Waals surface area contributed by atoms with E-state index in [-0.39, 0.29) is 5.91 Å². The molecule has 0 aliphatic carbocycles. The lowest BCUT2D eigenvalue weighted by Gasteiger charge is -2.16. The molecule has 0 spiro atoms. The summed E-state index contributed by atoms with van der Waals surface area (Å²) in [4.78, 5) is 13.3. The highest BCUT2D eigenvalue weighted by atomic mass is 16.5. The molecule has 1 atom stereocenters. The Morgan fingerprint density at radius 1 is 1.53 bits per heavy atom. The van der Waals surface area contributed by atoms with Crippen molar-refractivity contribution in [2.24, 2.45) is 5.73 Å². The van der Waals surface area contributed by atoms with Gasteiger partial charge in [0.05, 0.1) is 12.6 Å². The second-order valence-corrected chi connectivity index (χ2v) is 3.73. The minimum Gasteiger partial charge on any atom is -0.383 e. The fourth-order valence-corrected chi connectivity index (χ4v) is 1.08. The number of methoxy groups -OCH3 is 1. The minimum absolute atomic E-state index is 0.0884. The number of carbonyl (C=O) groups is 1. The molecule has 0 bridgehead atoms. The molecule has 0 rings (SSSR count). The number of nitrogens with one attached hydrogen (secondary N) is 1. The highest BCUT2D eigenvalue weighted by Gasteiger charge is 2.05. The van der Waals surface area contributed by atoms with Crippen LogP contribution in [-0.2, 0) is 9.53 Å². The van der Waals surface area contributed by atoms with Gasteiger partial charge in [-0.2, -0.15) is 0 Å². The Bertz CT molecular complexity index is 174. The first-order valence-corrected chi connectivity index (χ1v) is 5.28. The number of ether oxygens (including phenoxy) is 1. The van der Waals surface area contributed by atoms with Crippen LogP contribution in [0.4, 0.5) is 0 Å². The van der Waals surface area contributed by atoms with E-state index in [0.29, 0.717) is 6.54 Å². The Morgan fingerprint density at radius 3 is 2.73 bits per heavy atom. The molecule has 0 saturated heterocycles. The van der Waals surface area contributed by atoms with Crippen molar-refractivity contribution in [3.05, 3.63) is 0 Å². The molecule has 90 valence electrons. The van der Waals surface area contributed by atoms with Crippen molar-refractivity contribution in [2.75, 3.05) is 40.4 Å². The van der Waals surface area contributed by atoms with Crippen molar-refractivity contribution in [1.82, 2.24) is 10.2 Å². The molecule has 1 unspecified atom stereocenters. The van der Waals surface area contributed by atoms with Crippen molar-refractivity contribution in [2.45, 2.75) is 19.4 Å². The Kier molecular flexibility index (Phi) is 8.27. The predicted molar refractivity (Wildman–Crippen MR) is 60.6 cm³/mol. The molecule has 5 heteroatoms. The molecule has 0 aliphatic heterocycles. The van der Waals surface area contributed by atoms with E-state index in [9.17, 15) is 4.79 Å². The standard InChI is InChI=1S/C10H23N3O2/c1-9(11)10(14)12-5-4-6-13(2)7-8-15-3/h9H,4-8,11H2,1-3H3,(H,12,14). The van der Waals surface area contributed by atoms with Gasteiger partial charge >= 0.3 is 0 Å². The second-order valence-electron chi connectivity index (χ2n) is 3.73. The summed E-state index contributed by atoms with van der Waals surface area (Å²) < 4.78 is 4.96. The summed E-state index contributed by atoms with van der Waals surface area (Å²) in [5.41, 5.74) is 5.40. The van der Waals surface area contributed by atoms with Crippen LogP contribution in [0.2, 0.25) is 0 Å². The lowest BCUT2D eigenvalue weighted by Crippen LogP contribution is -2.39. The summed E-state index contributed by atoms with van der Waals surface area (Å²) in [5, 5.41) is 2.77. The van der Waals surface area contributed by atoms with E-state index in [1.807, 2.05) is 7.05 Å². The third-order valence-electron chi connectivity index (χ3n) is 2.11. The predicted octanol–water partition coefficient (Wildman–Crippen LogP) is -0.582. The maximum atomic E-state index is 11.1. The molecule has 0 aliphatic rings. The third kappa shape index (κ3) is 8.35. The van der Waals surface area contributed by atoms with Gasteiger partial charge in [-0.1, -0.05) is 0 Å². The molecular weight excluding hydrogens is 194 g/mol. The molecular formula is C10H23N3O2. The van der Waals surface area contributed by atoms with Gasteiger partial charge in [-0.05, 0) is 26.9 Å². The van der Waals surface area contributed by atoms with Gasteiger partial charge in [0.1, 0.15) is 0 Å². The average molecular weight is 217 g/mol. The second kappa shape index (κ2) is 8.64. The number of amides is 1. The third-order valence-corrected chi connectivity index (χ3v) is 2.11. The largest absolute Gasteiger partial charge is 0.383 e. The van der Waals surface area contributed by atoms with Gasteiger partial charge in [-0.25, -0.2) is 0 Å². The maximum absolute atomic E-state index is 11.1. The molecule has 0 radical (unpaired) electrons. The smallest absolute Gasteiger partial charge is 0.236 e. The first kappa shape index (κ1) is 14.3. The Hall–Kier alpha value is -0.650. The quantitative estimate of drug-likeness (QED) is 0.534. The van der Waals surface area contributed by atoms with Crippen molar-refractivity contribution in [1.29, 1.82) is 0 Å². The van der Waals surface area contributed by atoms with E-state index in [1.54, 1.807) is 14.0 Å². The average Bonchev–Trinajstić information content (AvgIpc) is 2.20.